The molecule has 0 saturated carbocycles. The molecule has 2 amide bonds. The normalized spacial score (nSPS) is 13.4. The molecule has 0 unspecified atom stereocenters. The molecule has 0 aliphatic carbocycles. The van der Waals surface area contributed by atoms with Gasteiger partial charge in [-0.05, 0) is 61.0 Å². The van der Waals surface area contributed by atoms with Crippen LogP contribution in [0, 0.1) is 21.7 Å². The highest BCUT2D eigenvalue weighted by Crippen LogP contribution is 2.35. The molecule has 10 heteroatoms. The number of imide groups is 1. The minimum atomic E-state index is -1.22. The quantitative estimate of drug-likeness (QED) is 0.309. The van der Waals surface area contributed by atoms with E-state index in [2.05, 4.69) is 5.32 Å². The van der Waals surface area contributed by atoms with Crippen LogP contribution < -0.4 is 15.0 Å². The van der Waals surface area contributed by atoms with Crippen LogP contribution in [-0.4, -0.2) is 23.3 Å². The molecule has 0 aromatic heterocycles. The summed E-state index contributed by atoms with van der Waals surface area (Å²) in [7, 11) is 0. The molecule has 0 atom stereocenters. The monoisotopic (exact) mass is 465 g/mol. The number of benzene rings is 3. The number of hydrogen-bond acceptors (Lipinski definition) is 6. The largest absolute Gasteiger partial charge is 0.494 e. The van der Waals surface area contributed by atoms with Crippen LogP contribution >= 0.6 is 0 Å². The van der Waals surface area contributed by atoms with Crippen molar-refractivity contribution in [3.05, 3.63) is 99.7 Å². The van der Waals surface area contributed by atoms with Crippen LogP contribution in [0.15, 0.2) is 72.4 Å². The van der Waals surface area contributed by atoms with Crippen molar-refractivity contribution in [1.29, 1.82) is 0 Å². The average molecular weight is 465 g/mol. The maximum atomic E-state index is 13.8. The fourth-order valence-electron chi connectivity index (χ4n) is 3.47. The first kappa shape index (κ1) is 22.6. The summed E-state index contributed by atoms with van der Waals surface area (Å²) < 4.78 is 32.7. The second-order valence-electron chi connectivity index (χ2n) is 7.18. The van der Waals surface area contributed by atoms with Gasteiger partial charge in [0.2, 0.25) is 0 Å². The zero-order valence-corrected chi connectivity index (χ0v) is 17.7. The molecule has 0 spiro atoms. The summed E-state index contributed by atoms with van der Waals surface area (Å²) in [5.41, 5.74) is 0.163. The number of carbonyl (C=O) groups is 2. The molecule has 0 radical (unpaired) electrons. The average Bonchev–Trinajstić information content (AvgIpc) is 3.06. The van der Waals surface area contributed by atoms with E-state index >= 15 is 0 Å². The minimum absolute atomic E-state index is 0.0708. The van der Waals surface area contributed by atoms with Gasteiger partial charge >= 0.3 is 0 Å². The SMILES string of the molecule is CCOc1ccc(NC2=C(c3ccc([N+](=O)[O-])cc3)C(=O)N(c3ccc(F)c(F)c3)C2=O)cc1. The Labute approximate surface area is 192 Å². The number of nitrogens with one attached hydrogen (secondary N) is 1. The molecule has 34 heavy (non-hydrogen) atoms. The Morgan fingerprint density at radius 3 is 2.21 bits per heavy atom. The summed E-state index contributed by atoms with van der Waals surface area (Å²) >= 11 is 0. The van der Waals surface area contributed by atoms with Crippen molar-refractivity contribution in [3.8, 4) is 5.75 Å². The van der Waals surface area contributed by atoms with Crippen molar-refractivity contribution in [2.45, 2.75) is 6.92 Å². The van der Waals surface area contributed by atoms with Crippen LogP contribution in [0.1, 0.15) is 12.5 Å². The summed E-state index contributed by atoms with van der Waals surface area (Å²) in [6.07, 6.45) is 0. The zero-order valence-electron chi connectivity index (χ0n) is 17.7. The van der Waals surface area contributed by atoms with Gasteiger partial charge in [0.15, 0.2) is 11.6 Å². The number of nitrogens with zero attached hydrogens (tertiary/aromatic N) is 2. The molecule has 3 aromatic rings. The van der Waals surface area contributed by atoms with Crippen LogP contribution in [-0.2, 0) is 9.59 Å². The number of rotatable bonds is 7. The lowest BCUT2D eigenvalue weighted by Crippen LogP contribution is -2.32. The van der Waals surface area contributed by atoms with Crippen molar-refractivity contribution in [2.24, 2.45) is 0 Å². The van der Waals surface area contributed by atoms with E-state index < -0.39 is 28.4 Å². The molecule has 1 aliphatic rings. The van der Waals surface area contributed by atoms with Crippen LogP contribution in [0.2, 0.25) is 0 Å². The van der Waals surface area contributed by atoms with E-state index in [-0.39, 0.29) is 28.2 Å². The smallest absolute Gasteiger partial charge is 0.282 e. The second kappa shape index (κ2) is 9.10. The van der Waals surface area contributed by atoms with Gasteiger partial charge in [-0.25, -0.2) is 13.7 Å². The van der Waals surface area contributed by atoms with E-state index in [4.69, 9.17) is 4.74 Å². The number of hydrogen-bond donors (Lipinski definition) is 1. The molecular formula is C24H17F2N3O5. The van der Waals surface area contributed by atoms with Crippen molar-refractivity contribution >= 4 is 34.4 Å². The Bertz CT molecular complexity index is 1320. The van der Waals surface area contributed by atoms with Crippen molar-refractivity contribution in [2.75, 3.05) is 16.8 Å². The third-order valence-corrected chi connectivity index (χ3v) is 5.05. The van der Waals surface area contributed by atoms with Crippen LogP contribution in [0.25, 0.3) is 5.57 Å². The van der Waals surface area contributed by atoms with E-state index in [1.165, 1.54) is 24.3 Å². The first-order chi connectivity index (χ1) is 16.3. The number of non-ortho nitro benzene ring substituents is 1. The number of nitro groups is 1. The highest BCUT2D eigenvalue weighted by molar-refractivity contribution is 6.46. The van der Waals surface area contributed by atoms with Gasteiger partial charge in [-0.2, -0.15) is 0 Å². The van der Waals surface area contributed by atoms with Gasteiger partial charge in [0.25, 0.3) is 17.5 Å². The fourth-order valence-corrected chi connectivity index (χ4v) is 3.47. The molecule has 0 fully saturated rings. The van der Waals surface area contributed by atoms with E-state index in [1.54, 1.807) is 24.3 Å². The van der Waals surface area contributed by atoms with Crippen LogP contribution in [0.4, 0.5) is 25.8 Å². The number of carbonyl (C=O) groups excluding carboxylic acids is 2. The standard InChI is InChI=1S/C24H17F2N3O5/c1-2-34-18-10-5-15(6-11-18)27-22-21(14-3-7-16(8-4-14)29(32)33)23(30)28(24(22)31)17-9-12-19(25)20(26)13-17/h3-13,27H,2H2,1H3. The van der Waals surface area contributed by atoms with Crippen LogP contribution in [0.3, 0.4) is 0 Å². The highest BCUT2D eigenvalue weighted by atomic mass is 19.2. The molecule has 0 bridgehead atoms. The first-order valence-corrected chi connectivity index (χ1v) is 10.1. The molecule has 172 valence electrons. The minimum Gasteiger partial charge on any atom is -0.494 e. The topological polar surface area (TPSA) is 102 Å². The number of amides is 2. The highest BCUT2D eigenvalue weighted by Gasteiger charge is 2.40. The van der Waals surface area contributed by atoms with E-state index in [9.17, 15) is 28.5 Å². The van der Waals surface area contributed by atoms with Gasteiger partial charge in [-0.3, -0.25) is 19.7 Å². The predicted molar refractivity (Wildman–Crippen MR) is 120 cm³/mol. The molecule has 3 aromatic carbocycles. The molecule has 1 aliphatic heterocycles. The van der Waals surface area contributed by atoms with E-state index in [0.29, 0.717) is 18.0 Å². The van der Waals surface area contributed by atoms with E-state index in [0.717, 1.165) is 23.1 Å². The van der Waals surface area contributed by atoms with Gasteiger partial charge in [0.1, 0.15) is 11.4 Å². The summed E-state index contributed by atoms with van der Waals surface area (Å²) in [5.74, 6) is -3.33. The number of nitro benzene ring substituents is 1. The van der Waals surface area contributed by atoms with Gasteiger partial charge in [0, 0.05) is 23.9 Å². The Hall–Kier alpha value is -4.60. The lowest BCUT2D eigenvalue weighted by molar-refractivity contribution is -0.384. The number of ether oxygens (including phenoxy) is 1. The molecule has 1 heterocycles. The molecule has 1 N–H and O–H groups in total. The summed E-state index contributed by atoms with van der Waals surface area (Å²) in [4.78, 5) is 37.7. The maximum absolute atomic E-state index is 13.8. The third kappa shape index (κ3) is 4.20. The number of halogens is 2. The lowest BCUT2D eigenvalue weighted by Gasteiger charge is -2.15. The Morgan fingerprint density at radius 2 is 1.62 bits per heavy atom. The Balaban J connectivity index is 1.78. The van der Waals surface area contributed by atoms with Crippen LogP contribution in [0.5, 0.6) is 5.75 Å². The van der Waals surface area contributed by atoms with Gasteiger partial charge < -0.3 is 10.1 Å². The van der Waals surface area contributed by atoms with Crippen molar-refractivity contribution in [3.63, 3.8) is 0 Å². The summed E-state index contributed by atoms with van der Waals surface area (Å²) in [5, 5.41) is 13.9. The summed E-state index contributed by atoms with van der Waals surface area (Å²) in [6.45, 7) is 2.31. The zero-order chi connectivity index (χ0) is 24.4. The fraction of sp³-hybridized carbons (Fsp3) is 0.0833. The predicted octanol–water partition coefficient (Wildman–Crippen LogP) is 4.67. The Kier molecular flexibility index (Phi) is 6.05. The second-order valence-corrected chi connectivity index (χ2v) is 7.18. The molecule has 4 rings (SSSR count). The van der Waals surface area contributed by atoms with Crippen molar-refractivity contribution in [1.82, 2.24) is 0 Å². The summed E-state index contributed by atoms with van der Waals surface area (Å²) in [6, 6.07) is 14.4. The maximum Gasteiger partial charge on any atom is 0.282 e. The molecular weight excluding hydrogens is 448 g/mol. The Morgan fingerprint density at radius 1 is 0.941 bits per heavy atom. The van der Waals surface area contributed by atoms with Gasteiger partial charge in [-0.1, -0.05) is 0 Å². The van der Waals surface area contributed by atoms with Gasteiger partial charge in [0.05, 0.1) is 22.8 Å². The molecule has 8 nitrogen and oxygen atoms in total. The number of anilines is 2. The lowest BCUT2D eigenvalue weighted by atomic mass is 10.0. The van der Waals surface area contributed by atoms with Gasteiger partial charge in [-0.15, -0.1) is 0 Å². The molecule has 0 saturated heterocycles. The van der Waals surface area contributed by atoms with E-state index in [1.807, 2.05) is 6.92 Å². The first-order valence-electron chi connectivity index (χ1n) is 10.1. The van der Waals surface area contributed by atoms with Crippen molar-refractivity contribution < 1.29 is 28.0 Å². The third-order valence-electron chi connectivity index (χ3n) is 5.05.